The van der Waals surface area contributed by atoms with Crippen LogP contribution >= 0.6 is 22.6 Å². The Labute approximate surface area is 112 Å². The van der Waals surface area contributed by atoms with Gasteiger partial charge >= 0.3 is 0 Å². The number of pyridine rings is 1. The summed E-state index contributed by atoms with van der Waals surface area (Å²) in [6.45, 7) is 3.09. The highest BCUT2D eigenvalue weighted by atomic mass is 127. The molecule has 1 aromatic heterocycles. The summed E-state index contributed by atoms with van der Waals surface area (Å²) in [7, 11) is 0. The van der Waals surface area contributed by atoms with Crippen LogP contribution in [-0.2, 0) is 9.59 Å². The summed E-state index contributed by atoms with van der Waals surface area (Å²) >= 11 is 2.08. The second-order valence-corrected chi connectivity index (χ2v) is 5.68. The minimum absolute atomic E-state index is 0.255. The van der Waals surface area contributed by atoms with Crippen LogP contribution in [0.5, 0.6) is 0 Å². The maximum Gasteiger partial charge on any atom is 0.264 e. The maximum atomic E-state index is 12.0. The van der Waals surface area contributed by atoms with E-state index in [2.05, 4.69) is 27.6 Å². The van der Waals surface area contributed by atoms with Crippen molar-refractivity contribution in [2.24, 2.45) is 5.41 Å². The predicted octanol–water partition coefficient (Wildman–Crippen LogP) is 0.946. The van der Waals surface area contributed by atoms with Gasteiger partial charge in [-0.3, -0.25) is 9.59 Å². The first-order valence-corrected chi connectivity index (χ1v) is 6.11. The van der Waals surface area contributed by atoms with Crippen LogP contribution in [0.25, 0.3) is 0 Å². The third kappa shape index (κ3) is 1.85. The summed E-state index contributed by atoms with van der Waals surface area (Å²) in [6, 6.07) is 3.34. The molecule has 2 amide bonds. The van der Waals surface area contributed by atoms with Gasteiger partial charge in [0.2, 0.25) is 5.91 Å². The van der Waals surface area contributed by atoms with Crippen molar-refractivity contribution in [3.8, 4) is 0 Å². The third-order valence-corrected chi connectivity index (χ3v) is 3.47. The lowest BCUT2D eigenvalue weighted by molar-refractivity contribution is -0.129. The molecular formula is C11H11IN2O3. The van der Waals surface area contributed by atoms with Gasteiger partial charge in [-0.1, -0.05) is 0 Å². The van der Waals surface area contributed by atoms with Gasteiger partial charge in [-0.15, -0.1) is 0 Å². The molecule has 6 heteroatoms. The van der Waals surface area contributed by atoms with Crippen LogP contribution in [0.15, 0.2) is 18.3 Å². The minimum atomic E-state index is -1.31. The summed E-state index contributed by atoms with van der Waals surface area (Å²) in [4.78, 5) is 28.8. The molecule has 0 aliphatic carbocycles. The standard InChI is InChI=1S/C11H11IN2O3/c1-11(2)8(15)9(16)14(10(11)17)7-4-3-6(12)5-13-7/h3-5,8,15H,1-2H3/t8-/m1/s1. The van der Waals surface area contributed by atoms with E-state index in [-0.39, 0.29) is 5.82 Å². The van der Waals surface area contributed by atoms with Crippen LogP contribution in [0.4, 0.5) is 5.82 Å². The van der Waals surface area contributed by atoms with Crippen molar-refractivity contribution in [2.75, 3.05) is 4.90 Å². The number of aromatic nitrogens is 1. The number of rotatable bonds is 1. The van der Waals surface area contributed by atoms with Crippen LogP contribution in [0.2, 0.25) is 0 Å². The number of halogens is 1. The molecule has 0 unspecified atom stereocenters. The summed E-state index contributed by atoms with van der Waals surface area (Å²) in [6.07, 6.45) is 0.254. The Kier molecular flexibility index (Phi) is 2.94. The van der Waals surface area contributed by atoms with Gasteiger partial charge in [0.15, 0.2) is 0 Å². The van der Waals surface area contributed by atoms with E-state index in [4.69, 9.17) is 0 Å². The lowest BCUT2D eigenvalue weighted by Gasteiger charge is -2.17. The van der Waals surface area contributed by atoms with E-state index in [9.17, 15) is 14.7 Å². The number of nitrogens with zero attached hydrogens (tertiary/aromatic N) is 2. The van der Waals surface area contributed by atoms with Crippen LogP contribution in [0.1, 0.15) is 13.8 Å². The van der Waals surface area contributed by atoms with Crippen LogP contribution in [-0.4, -0.2) is 28.0 Å². The molecule has 0 aromatic carbocycles. The number of carbonyl (C=O) groups excluding carboxylic acids is 2. The number of anilines is 1. The fourth-order valence-electron chi connectivity index (χ4n) is 1.65. The number of hydrogen-bond donors (Lipinski definition) is 1. The van der Waals surface area contributed by atoms with Crippen molar-refractivity contribution in [1.82, 2.24) is 4.98 Å². The van der Waals surface area contributed by atoms with E-state index >= 15 is 0 Å². The fraction of sp³-hybridized carbons (Fsp3) is 0.364. The largest absolute Gasteiger partial charge is 0.382 e. The molecule has 2 rings (SSSR count). The van der Waals surface area contributed by atoms with Crippen molar-refractivity contribution in [3.63, 3.8) is 0 Å². The third-order valence-electron chi connectivity index (χ3n) is 2.83. The van der Waals surface area contributed by atoms with Crippen molar-refractivity contribution >= 4 is 40.2 Å². The Bertz CT molecular complexity index is 484. The number of aliphatic hydroxyl groups excluding tert-OH is 1. The first-order valence-electron chi connectivity index (χ1n) is 5.03. The number of amides is 2. The van der Waals surface area contributed by atoms with E-state index in [1.807, 2.05) is 0 Å². The SMILES string of the molecule is CC1(C)C(=O)N(c2ccc(I)cn2)C(=O)[C@H]1O. The average molecular weight is 346 g/mol. The number of imide groups is 1. The van der Waals surface area contributed by atoms with Gasteiger partial charge in [0.05, 0.1) is 5.41 Å². The van der Waals surface area contributed by atoms with E-state index in [0.717, 1.165) is 8.47 Å². The fourth-order valence-corrected chi connectivity index (χ4v) is 1.97. The molecular weight excluding hydrogens is 335 g/mol. The number of carbonyl (C=O) groups is 2. The van der Waals surface area contributed by atoms with E-state index < -0.39 is 23.3 Å². The highest BCUT2D eigenvalue weighted by Crippen LogP contribution is 2.34. The molecule has 2 heterocycles. The van der Waals surface area contributed by atoms with Gasteiger partial charge in [-0.05, 0) is 48.6 Å². The predicted molar refractivity (Wildman–Crippen MR) is 69.2 cm³/mol. The van der Waals surface area contributed by atoms with Crippen molar-refractivity contribution in [3.05, 3.63) is 21.9 Å². The lowest BCUT2D eigenvalue weighted by Crippen LogP contribution is -2.33. The smallest absolute Gasteiger partial charge is 0.264 e. The molecule has 1 aliphatic rings. The zero-order valence-corrected chi connectivity index (χ0v) is 11.5. The van der Waals surface area contributed by atoms with E-state index in [1.165, 1.54) is 0 Å². The minimum Gasteiger partial charge on any atom is -0.382 e. The van der Waals surface area contributed by atoms with Gasteiger partial charge in [-0.25, -0.2) is 9.88 Å². The monoisotopic (exact) mass is 346 g/mol. The Morgan fingerprint density at radius 1 is 1.41 bits per heavy atom. The molecule has 0 saturated carbocycles. The van der Waals surface area contributed by atoms with E-state index in [1.54, 1.807) is 32.2 Å². The van der Waals surface area contributed by atoms with Gasteiger partial charge in [0.1, 0.15) is 11.9 Å². The second-order valence-electron chi connectivity index (χ2n) is 4.44. The first kappa shape index (κ1) is 12.4. The van der Waals surface area contributed by atoms with Crippen LogP contribution in [0, 0.1) is 8.99 Å². The summed E-state index contributed by atoms with van der Waals surface area (Å²) in [5, 5.41) is 9.74. The van der Waals surface area contributed by atoms with Gasteiger partial charge in [-0.2, -0.15) is 0 Å². The molecule has 5 nitrogen and oxygen atoms in total. The summed E-state index contributed by atoms with van der Waals surface area (Å²) in [5.41, 5.74) is -1.10. The molecule has 1 aliphatic heterocycles. The zero-order chi connectivity index (χ0) is 12.8. The average Bonchev–Trinajstić information content (AvgIpc) is 2.43. The van der Waals surface area contributed by atoms with E-state index in [0.29, 0.717) is 0 Å². The molecule has 1 fully saturated rings. The molecule has 0 bridgehead atoms. The second kappa shape index (κ2) is 4.02. The Hall–Kier alpha value is -1.02. The molecule has 1 aromatic rings. The number of aliphatic hydroxyl groups is 1. The zero-order valence-electron chi connectivity index (χ0n) is 9.35. The lowest BCUT2D eigenvalue weighted by atomic mass is 9.89. The molecule has 0 radical (unpaired) electrons. The summed E-state index contributed by atoms with van der Waals surface area (Å²) < 4.78 is 0.908. The molecule has 90 valence electrons. The Balaban J connectivity index is 2.44. The molecule has 1 atom stereocenters. The van der Waals surface area contributed by atoms with Gasteiger partial charge < -0.3 is 5.11 Å². The maximum absolute atomic E-state index is 12.0. The van der Waals surface area contributed by atoms with Gasteiger partial charge in [0.25, 0.3) is 5.91 Å². The quantitative estimate of drug-likeness (QED) is 0.607. The van der Waals surface area contributed by atoms with Gasteiger partial charge in [0, 0.05) is 9.77 Å². The molecule has 1 N–H and O–H groups in total. The van der Waals surface area contributed by atoms with Crippen molar-refractivity contribution in [2.45, 2.75) is 20.0 Å². The highest BCUT2D eigenvalue weighted by Gasteiger charge is 2.53. The molecule has 0 spiro atoms. The summed E-state index contributed by atoms with van der Waals surface area (Å²) in [5.74, 6) is -0.789. The van der Waals surface area contributed by atoms with Crippen molar-refractivity contribution < 1.29 is 14.7 Å². The highest BCUT2D eigenvalue weighted by molar-refractivity contribution is 14.1. The topological polar surface area (TPSA) is 70.5 Å². The Morgan fingerprint density at radius 2 is 2.06 bits per heavy atom. The van der Waals surface area contributed by atoms with Crippen molar-refractivity contribution in [1.29, 1.82) is 0 Å². The van der Waals surface area contributed by atoms with Crippen LogP contribution < -0.4 is 4.90 Å². The number of hydrogen-bond acceptors (Lipinski definition) is 4. The molecule has 17 heavy (non-hydrogen) atoms. The first-order chi connectivity index (χ1) is 7.85. The Morgan fingerprint density at radius 3 is 2.47 bits per heavy atom. The normalized spacial score (nSPS) is 23.3. The van der Waals surface area contributed by atoms with Crippen LogP contribution in [0.3, 0.4) is 0 Å². The molecule has 1 saturated heterocycles.